The average molecular weight is 388 g/mol. The molecule has 126 valence electrons. The standard InChI is InChI=1S/C17H13N3O2S3/c21-14(18-6-11-3-5-23-8-11)7-20-10-19-16-15(17(20)22)12(9-25-16)13-2-1-4-24-13/h1-5,8-10H,6-7H2,(H,18,21). The minimum atomic E-state index is -0.206. The van der Waals surface area contributed by atoms with Gasteiger partial charge < -0.3 is 5.32 Å². The molecule has 0 saturated carbocycles. The summed E-state index contributed by atoms with van der Waals surface area (Å²) in [6.45, 7) is 0.428. The topological polar surface area (TPSA) is 64.0 Å². The van der Waals surface area contributed by atoms with Gasteiger partial charge in [0, 0.05) is 22.4 Å². The van der Waals surface area contributed by atoms with Gasteiger partial charge in [-0.1, -0.05) is 6.07 Å². The molecule has 0 fully saturated rings. The molecule has 0 spiro atoms. The number of carbonyl (C=O) groups is 1. The molecular formula is C17H13N3O2S3. The Labute approximate surface area is 155 Å². The first kappa shape index (κ1) is 16.2. The van der Waals surface area contributed by atoms with E-state index in [0.29, 0.717) is 16.8 Å². The van der Waals surface area contributed by atoms with Crippen LogP contribution in [0.2, 0.25) is 0 Å². The van der Waals surface area contributed by atoms with Gasteiger partial charge >= 0.3 is 0 Å². The molecule has 4 heterocycles. The second-order valence-electron chi connectivity index (χ2n) is 5.39. The third kappa shape index (κ3) is 3.28. The van der Waals surface area contributed by atoms with E-state index in [0.717, 1.165) is 16.0 Å². The molecule has 0 aliphatic rings. The van der Waals surface area contributed by atoms with Gasteiger partial charge in [0.05, 0.1) is 11.7 Å². The van der Waals surface area contributed by atoms with Crippen LogP contribution in [0, 0.1) is 0 Å². The number of aromatic nitrogens is 2. The highest BCUT2D eigenvalue weighted by molar-refractivity contribution is 7.18. The molecule has 4 aromatic heterocycles. The van der Waals surface area contributed by atoms with Gasteiger partial charge in [0.1, 0.15) is 11.4 Å². The van der Waals surface area contributed by atoms with Crippen molar-refractivity contribution in [1.82, 2.24) is 14.9 Å². The van der Waals surface area contributed by atoms with Crippen molar-refractivity contribution >= 4 is 50.1 Å². The smallest absolute Gasteiger partial charge is 0.263 e. The molecule has 5 nitrogen and oxygen atoms in total. The van der Waals surface area contributed by atoms with Crippen LogP contribution in [0.15, 0.2) is 50.8 Å². The van der Waals surface area contributed by atoms with E-state index in [9.17, 15) is 9.59 Å². The Bertz CT molecular complexity index is 1060. The van der Waals surface area contributed by atoms with Crippen LogP contribution in [0.4, 0.5) is 0 Å². The molecule has 4 rings (SSSR count). The number of hydrogen-bond acceptors (Lipinski definition) is 6. The van der Waals surface area contributed by atoms with Crippen molar-refractivity contribution in [1.29, 1.82) is 0 Å². The quantitative estimate of drug-likeness (QED) is 0.569. The van der Waals surface area contributed by atoms with Gasteiger partial charge in [-0.05, 0) is 33.8 Å². The molecule has 8 heteroatoms. The van der Waals surface area contributed by atoms with Crippen LogP contribution in [0.25, 0.3) is 20.7 Å². The first-order valence-electron chi connectivity index (χ1n) is 7.50. The number of nitrogens with one attached hydrogen (secondary N) is 1. The molecule has 25 heavy (non-hydrogen) atoms. The predicted octanol–water partition coefficient (Wildman–Crippen LogP) is 3.56. The molecule has 0 radical (unpaired) electrons. The molecule has 1 amide bonds. The Hall–Kier alpha value is -2.29. The minimum absolute atomic E-state index is 0.0361. The highest BCUT2D eigenvalue weighted by Gasteiger charge is 2.15. The minimum Gasteiger partial charge on any atom is -0.350 e. The lowest BCUT2D eigenvalue weighted by Crippen LogP contribution is -2.32. The SMILES string of the molecule is O=C(Cn1cnc2scc(-c3cccs3)c2c1=O)NCc1ccsc1. The highest BCUT2D eigenvalue weighted by atomic mass is 32.1. The summed E-state index contributed by atoms with van der Waals surface area (Å²) in [5, 5.41) is 11.3. The molecular weight excluding hydrogens is 374 g/mol. The third-order valence-electron chi connectivity index (χ3n) is 3.73. The molecule has 0 aliphatic heterocycles. The molecule has 1 N–H and O–H groups in total. The summed E-state index contributed by atoms with van der Waals surface area (Å²) >= 11 is 4.61. The molecule has 0 atom stereocenters. The summed E-state index contributed by atoms with van der Waals surface area (Å²) in [5.41, 5.74) is 1.76. The number of hydrogen-bond donors (Lipinski definition) is 1. The number of nitrogens with zero attached hydrogens (tertiary/aromatic N) is 2. The first-order chi connectivity index (χ1) is 12.2. The van der Waals surface area contributed by atoms with E-state index >= 15 is 0 Å². The average Bonchev–Trinajstić information content (AvgIpc) is 3.36. The second-order valence-corrected chi connectivity index (χ2v) is 7.98. The lowest BCUT2D eigenvalue weighted by Gasteiger charge is -2.07. The van der Waals surface area contributed by atoms with E-state index in [1.54, 1.807) is 22.7 Å². The summed E-state index contributed by atoms with van der Waals surface area (Å²) < 4.78 is 1.37. The zero-order valence-electron chi connectivity index (χ0n) is 13.0. The van der Waals surface area contributed by atoms with E-state index in [-0.39, 0.29) is 18.0 Å². The normalized spacial score (nSPS) is 11.0. The lowest BCUT2D eigenvalue weighted by molar-refractivity contribution is -0.121. The van der Waals surface area contributed by atoms with E-state index in [2.05, 4.69) is 10.3 Å². The highest BCUT2D eigenvalue weighted by Crippen LogP contribution is 2.33. The van der Waals surface area contributed by atoms with Crippen LogP contribution in [0.5, 0.6) is 0 Å². The fourth-order valence-corrected chi connectivity index (χ4v) is 4.89. The van der Waals surface area contributed by atoms with E-state index < -0.39 is 0 Å². The zero-order chi connectivity index (χ0) is 17.2. The summed E-state index contributed by atoms with van der Waals surface area (Å²) in [4.78, 5) is 31.1. The van der Waals surface area contributed by atoms with Gasteiger partial charge in [-0.15, -0.1) is 22.7 Å². The van der Waals surface area contributed by atoms with Gasteiger partial charge in [-0.3, -0.25) is 14.2 Å². The second kappa shape index (κ2) is 6.91. The van der Waals surface area contributed by atoms with Crippen molar-refractivity contribution in [3.8, 4) is 10.4 Å². The zero-order valence-corrected chi connectivity index (χ0v) is 15.4. The first-order valence-corrected chi connectivity index (χ1v) is 10.2. The monoisotopic (exact) mass is 387 g/mol. The fourth-order valence-electron chi connectivity index (χ4n) is 2.50. The van der Waals surface area contributed by atoms with Gasteiger partial charge in [0.25, 0.3) is 5.56 Å². The van der Waals surface area contributed by atoms with Gasteiger partial charge in [0.2, 0.25) is 5.91 Å². The molecule has 0 unspecified atom stereocenters. The summed E-state index contributed by atoms with van der Waals surface area (Å²) in [6.07, 6.45) is 1.45. The van der Waals surface area contributed by atoms with E-state index in [4.69, 9.17) is 0 Å². The van der Waals surface area contributed by atoms with Crippen molar-refractivity contribution < 1.29 is 4.79 Å². The number of fused-ring (bicyclic) bond motifs is 1. The maximum atomic E-state index is 12.8. The van der Waals surface area contributed by atoms with Crippen LogP contribution in [0.1, 0.15) is 5.56 Å². The van der Waals surface area contributed by atoms with Crippen LogP contribution in [-0.4, -0.2) is 15.5 Å². The number of carbonyl (C=O) groups excluding carboxylic acids is 1. The molecule has 0 saturated heterocycles. The summed E-state index contributed by atoms with van der Waals surface area (Å²) in [7, 11) is 0. The van der Waals surface area contributed by atoms with Gasteiger partial charge in [-0.2, -0.15) is 11.3 Å². The van der Waals surface area contributed by atoms with Crippen LogP contribution in [0.3, 0.4) is 0 Å². The lowest BCUT2D eigenvalue weighted by atomic mass is 10.2. The van der Waals surface area contributed by atoms with Crippen LogP contribution >= 0.6 is 34.0 Å². The Morgan fingerprint density at radius 1 is 1.20 bits per heavy atom. The van der Waals surface area contributed by atoms with Crippen molar-refractivity contribution in [2.45, 2.75) is 13.1 Å². The Balaban J connectivity index is 1.60. The largest absolute Gasteiger partial charge is 0.350 e. The Kier molecular flexibility index (Phi) is 4.48. The maximum Gasteiger partial charge on any atom is 0.263 e. The van der Waals surface area contributed by atoms with Crippen molar-refractivity contribution in [2.24, 2.45) is 0 Å². The molecule has 0 bridgehead atoms. The van der Waals surface area contributed by atoms with Gasteiger partial charge in [0.15, 0.2) is 0 Å². The number of thiophene rings is 3. The third-order valence-corrected chi connectivity index (χ3v) is 6.25. The van der Waals surface area contributed by atoms with Crippen LogP contribution in [-0.2, 0) is 17.9 Å². The number of amides is 1. The molecule has 0 aromatic carbocycles. The fraction of sp³-hybridized carbons (Fsp3) is 0.118. The van der Waals surface area contributed by atoms with Crippen molar-refractivity contribution in [3.05, 3.63) is 62.0 Å². The maximum absolute atomic E-state index is 12.8. The summed E-state index contributed by atoms with van der Waals surface area (Å²) in [5.74, 6) is -0.206. The van der Waals surface area contributed by atoms with Crippen LogP contribution < -0.4 is 10.9 Å². The van der Waals surface area contributed by atoms with E-state index in [1.165, 1.54) is 22.2 Å². The molecule has 0 aliphatic carbocycles. The number of rotatable bonds is 5. The molecule has 4 aromatic rings. The van der Waals surface area contributed by atoms with Crippen molar-refractivity contribution in [3.63, 3.8) is 0 Å². The Morgan fingerprint density at radius 3 is 2.88 bits per heavy atom. The van der Waals surface area contributed by atoms with Crippen molar-refractivity contribution in [2.75, 3.05) is 0 Å². The van der Waals surface area contributed by atoms with Gasteiger partial charge in [-0.25, -0.2) is 4.98 Å². The Morgan fingerprint density at radius 2 is 2.12 bits per heavy atom. The predicted molar refractivity (Wildman–Crippen MR) is 103 cm³/mol. The van der Waals surface area contributed by atoms with E-state index in [1.807, 2.05) is 39.7 Å². The summed E-state index contributed by atoms with van der Waals surface area (Å²) in [6, 6.07) is 5.90.